The fraction of sp³-hybridized carbons (Fsp3) is 0.0667. The Morgan fingerprint density at radius 2 is 2.00 bits per heavy atom. The third-order valence-corrected chi connectivity index (χ3v) is 2.68. The minimum atomic E-state index is 0.0135. The van der Waals surface area contributed by atoms with Gasteiger partial charge in [-0.3, -0.25) is 0 Å². The van der Waals surface area contributed by atoms with E-state index in [4.69, 9.17) is 15.7 Å². The van der Waals surface area contributed by atoms with Gasteiger partial charge < -0.3 is 10.5 Å². The van der Waals surface area contributed by atoms with Gasteiger partial charge in [-0.15, -0.1) is 0 Å². The molecule has 2 N–H and O–H groups in total. The number of nitriles is 1. The molecule has 94 valence electrons. The Hall–Kier alpha value is -2.80. The molecule has 0 aliphatic carbocycles. The van der Waals surface area contributed by atoms with Crippen molar-refractivity contribution in [3.05, 3.63) is 59.6 Å². The van der Waals surface area contributed by atoms with E-state index in [1.807, 2.05) is 48.5 Å². The van der Waals surface area contributed by atoms with Crippen LogP contribution < -0.4 is 5.73 Å². The number of nitrogens with zero attached hydrogens (tertiary/aromatic N) is 2. The van der Waals surface area contributed by atoms with Gasteiger partial charge in [0.1, 0.15) is 6.07 Å². The Bertz CT molecular complexity index is 696. The Labute approximate surface area is 111 Å². The zero-order chi connectivity index (χ0) is 13.7. The molecule has 0 amide bonds. The molecule has 2 aromatic carbocycles. The molecule has 0 atom stereocenters. The van der Waals surface area contributed by atoms with E-state index in [-0.39, 0.29) is 11.6 Å². The van der Waals surface area contributed by atoms with E-state index >= 15 is 0 Å². The van der Waals surface area contributed by atoms with Crippen molar-refractivity contribution in [3.63, 3.8) is 0 Å². The number of rotatable bonds is 3. The third kappa shape index (κ3) is 2.90. The van der Waals surface area contributed by atoms with Gasteiger partial charge in [-0.1, -0.05) is 36.4 Å². The zero-order valence-electron chi connectivity index (χ0n) is 10.5. The highest BCUT2D eigenvalue weighted by molar-refractivity contribution is 5.90. The Morgan fingerprint density at radius 1 is 1.26 bits per heavy atom. The number of aliphatic imine (C=N–C) groups is 1. The van der Waals surface area contributed by atoms with E-state index in [0.717, 1.165) is 16.3 Å². The molecule has 4 nitrogen and oxygen atoms in total. The predicted molar refractivity (Wildman–Crippen MR) is 75.4 cm³/mol. The highest BCUT2D eigenvalue weighted by atomic mass is 16.5. The zero-order valence-corrected chi connectivity index (χ0v) is 10.5. The van der Waals surface area contributed by atoms with Gasteiger partial charge >= 0.3 is 0 Å². The number of hydrogen-bond donors (Lipinski definition) is 1. The summed E-state index contributed by atoms with van der Waals surface area (Å²) in [6, 6.07) is 15.9. The lowest BCUT2D eigenvalue weighted by atomic mass is 10.1. The number of allylic oxidation sites excluding steroid dienone is 1. The first kappa shape index (κ1) is 12.7. The molecular weight excluding hydrogens is 238 g/mol. The van der Waals surface area contributed by atoms with E-state index in [2.05, 4.69) is 4.99 Å². The van der Waals surface area contributed by atoms with Gasteiger partial charge in [0.25, 0.3) is 0 Å². The maximum atomic E-state index is 8.90. The van der Waals surface area contributed by atoms with Gasteiger partial charge in [-0.25, -0.2) is 4.99 Å². The Kier molecular flexibility index (Phi) is 3.79. The second kappa shape index (κ2) is 5.69. The first-order chi connectivity index (χ1) is 9.24. The second-order valence-electron chi connectivity index (χ2n) is 3.89. The van der Waals surface area contributed by atoms with Gasteiger partial charge in [-0.05, 0) is 22.4 Å². The molecule has 0 radical (unpaired) electrons. The summed E-state index contributed by atoms with van der Waals surface area (Å²) in [4.78, 5) is 4.03. The number of fused-ring (bicyclic) bond motifs is 1. The number of hydrogen-bond acceptors (Lipinski definition) is 4. The van der Waals surface area contributed by atoms with Crippen molar-refractivity contribution in [2.45, 2.75) is 0 Å². The summed E-state index contributed by atoms with van der Waals surface area (Å²) in [6.45, 7) is 0. The van der Waals surface area contributed by atoms with Gasteiger partial charge in [-0.2, -0.15) is 5.26 Å². The van der Waals surface area contributed by atoms with Gasteiger partial charge in [0.2, 0.25) is 5.88 Å². The summed E-state index contributed by atoms with van der Waals surface area (Å²) in [7, 11) is 1.40. The predicted octanol–water partition coefficient (Wildman–Crippen LogP) is 2.56. The minimum Gasteiger partial charge on any atom is -0.481 e. The SMILES string of the molecule is COC(N)=C(C#N)N=Cc1ccc2ccccc2c1. The van der Waals surface area contributed by atoms with Crippen LogP contribution in [0.15, 0.2) is 59.0 Å². The first-order valence-electron chi connectivity index (χ1n) is 5.71. The lowest BCUT2D eigenvalue weighted by Crippen LogP contribution is -2.02. The van der Waals surface area contributed by atoms with Crippen molar-refractivity contribution in [1.29, 1.82) is 5.26 Å². The van der Waals surface area contributed by atoms with Crippen molar-refractivity contribution in [2.75, 3.05) is 7.11 Å². The minimum absolute atomic E-state index is 0.0135. The van der Waals surface area contributed by atoms with Crippen molar-refractivity contribution in [3.8, 4) is 6.07 Å². The van der Waals surface area contributed by atoms with Crippen LogP contribution in [0.5, 0.6) is 0 Å². The number of ether oxygens (including phenoxy) is 1. The standard InChI is InChI=1S/C15H13N3O/c1-19-15(17)14(9-16)18-10-11-6-7-12-4-2-3-5-13(12)8-11/h2-8,10H,17H2,1H3. The monoisotopic (exact) mass is 251 g/mol. The maximum Gasteiger partial charge on any atom is 0.221 e. The average molecular weight is 251 g/mol. The molecule has 2 aromatic rings. The van der Waals surface area contributed by atoms with Crippen molar-refractivity contribution < 1.29 is 4.74 Å². The summed E-state index contributed by atoms with van der Waals surface area (Å²) in [5.41, 5.74) is 6.47. The molecule has 0 aliphatic rings. The van der Waals surface area contributed by atoms with Crippen LogP contribution in [0.3, 0.4) is 0 Å². The van der Waals surface area contributed by atoms with Crippen LogP contribution in [-0.2, 0) is 4.74 Å². The quantitative estimate of drug-likeness (QED) is 0.517. The summed E-state index contributed by atoms with van der Waals surface area (Å²) in [6.07, 6.45) is 1.59. The molecule has 0 heterocycles. The second-order valence-corrected chi connectivity index (χ2v) is 3.89. The fourth-order valence-electron chi connectivity index (χ4n) is 1.67. The van der Waals surface area contributed by atoms with E-state index in [0.29, 0.717) is 0 Å². The topological polar surface area (TPSA) is 71.4 Å². The summed E-state index contributed by atoms with van der Waals surface area (Å²) < 4.78 is 4.78. The molecule has 0 bridgehead atoms. The van der Waals surface area contributed by atoms with Crippen LogP contribution in [-0.4, -0.2) is 13.3 Å². The first-order valence-corrected chi connectivity index (χ1v) is 5.71. The molecule has 0 unspecified atom stereocenters. The van der Waals surface area contributed by atoms with Crippen LogP contribution >= 0.6 is 0 Å². The maximum absolute atomic E-state index is 8.90. The Balaban J connectivity index is 2.34. The number of nitrogens with two attached hydrogens (primary N) is 1. The smallest absolute Gasteiger partial charge is 0.221 e. The van der Waals surface area contributed by atoms with Crippen LogP contribution in [0.1, 0.15) is 5.56 Å². The lowest BCUT2D eigenvalue weighted by Gasteiger charge is -2.00. The van der Waals surface area contributed by atoms with Gasteiger partial charge in [0, 0.05) is 6.21 Å². The highest BCUT2D eigenvalue weighted by Crippen LogP contribution is 2.14. The molecule has 4 heteroatoms. The summed E-state index contributed by atoms with van der Waals surface area (Å²) in [5.74, 6) is 0.0135. The molecule has 0 saturated carbocycles. The third-order valence-electron chi connectivity index (χ3n) is 2.68. The van der Waals surface area contributed by atoms with Crippen molar-refractivity contribution in [2.24, 2.45) is 10.7 Å². The highest BCUT2D eigenvalue weighted by Gasteiger charge is 2.00. The number of methoxy groups -OCH3 is 1. The van der Waals surface area contributed by atoms with Gasteiger partial charge in [0.05, 0.1) is 7.11 Å². The molecule has 0 aromatic heterocycles. The van der Waals surface area contributed by atoms with Crippen LogP contribution in [0.2, 0.25) is 0 Å². The van der Waals surface area contributed by atoms with Crippen molar-refractivity contribution >= 4 is 17.0 Å². The van der Waals surface area contributed by atoms with E-state index in [1.54, 1.807) is 6.21 Å². The van der Waals surface area contributed by atoms with Crippen LogP contribution in [0.4, 0.5) is 0 Å². The molecular formula is C15H13N3O. The molecule has 0 aliphatic heterocycles. The van der Waals surface area contributed by atoms with E-state index in [9.17, 15) is 0 Å². The molecule has 2 rings (SSSR count). The van der Waals surface area contributed by atoms with Crippen molar-refractivity contribution in [1.82, 2.24) is 0 Å². The van der Waals surface area contributed by atoms with Crippen LogP contribution in [0.25, 0.3) is 10.8 Å². The molecule has 0 saturated heterocycles. The normalized spacial score (nSPS) is 12.2. The number of benzene rings is 2. The summed E-state index contributed by atoms with van der Waals surface area (Å²) >= 11 is 0. The van der Waals surface area contributed by atoms with E-state index < -0.39 is 0 Å². The molecule has 19 heavy (non-hydrogen) atoms. The van der Waals surface area contributed by atoms with E-state index in [1.165, 1.54) is 7.11 Å². The fourth-order valence-corrected chi connectivity index (χ4v) is 1.67. The average Bonchev–Trinajstić information content (AvgIpc) is 2.47. The lowest BCUT2D eigenvalue weighted by molar-refractivity contribution is 0.284. The largest absolute Gasteiger partial charge is 0.481 e. The Morgan fingerprint density at radius 3 is 2.68 bits per heavy atom. The summed E-state index contributed by atoms with van der Waals surface area (Å²) in [5, 5.41) is 11.2. The molecule has 0 spiro atoms. The molecule has 0 fully saturated rings. The van der Waals surface area contributed by atoms with Crippen LogP contribution in [0, 0.1) is 11.3 Å². The van der Waals surface area contributed by atoms with Gasteiger partial charge in [0.15, 0.2) is 5.70 Å².